The third kappa shape index (κ3) is 7.33. The molecular formula is C11H24N2O2. The minimum Gasteiger partial charge on any atom is -0.396 e. The zero-order valence-corrected chi connectivity index (χ0v) is 10.3. The summed E-state index contributed by atoms with van der Waals surface area (Å²) in [6.45, 7) is 5.17. The second-order valence-corrected chi connectivity index (χ2v) is 4.42. The van der Waals surface area contributed by atoms with Crippen LogP contribution in [0.2, 0.25) is 0 Å². The Morgan fingerprint density at radius 3 is 2.47 bits per heavy atom. The molecule has 1 amide bonds. The molecule has 0 aromatic heterocycles. The monoisotopic (exact) mass is 216 g/mol. The van der Waals surface area contributed by atoms with E-state index in [4.69, 9.17) is 5.11 Å². The Hall–Kier alpha value is -0.610. The van der Waals surface area contributed by atoms with Crippen molar-refractivity contribution < 1.29 is 9.90 Å². The van der Waals surface area contributed by atoms with Crippen LogP contribution in [0.25, 0.3) is 0 Å². The van der Waals surface area contributed by atoms with Crippen molar-refractivity contribution in [3.8, 4) is 0 Å². The lowest BCUT2D eigenvalue weighted by atomic mass is 10.1. The predicted octanol–water partition coefficient (Wildman–Crippen LogP) is 0.461. The Labute approximate surface area is 92.7 Å². The van der Waals surface area contributed by atoms with Gasteiger partial charge in [0.1, 0.15) is 0 Å². The van der Waals surface area contributed by atoms with Crippen molar-refractivity contribution in [3.05, 3.63) is 0 Å². The maximum atomic E-state index is 11.4. The van der Waals surface area contributed by atoms with E-state index in [9.17, 15) is 4.79 Å². The SMILES string of the molecule is CC(CCO)CNC(C)CC(=O)N(C)C. The van der Waals surface area contributed by atoms with E-state index in [1.54, 1.807) is 19.0 Å². The topological polar surface area (TPSA) is 52.6 Å². The maximum absolute atomic E-state index is 11.4. The van der Waals surface area contributed by atoms with E-state index in [0.29, 0.717) is 12.3 Å². The number of nitrogens with one attached hydrogen (secondary N) is 1. The second kappa shape index (κ2) is 7.65. The van der Waals surface area contributed by atoms with Crippen molar-refractivity contribution in [2.75, 3.05) is 27.2 Å². The fourth-order valence-electron chi connectivity index (χ4n) is 1.24. The number of nitrogens with zero attached hydrogens (tertiary/aromatic N) is 1. The molecule has 0 aromatic carbocycles. The van der Waals surface area contributed by atoms with Crippen LogP contribution in [0.3, 0.4) is 0 Å². The summed E-state index contributed by atoms with van der Waals surface area (Å²) in [5.41, 5.74) is 0. The molecule has 15 heavy (non-hydrogen) atoms. The smallest absolute Gasteiger partial charge is 0.223 e. The zero-order valence-electron chi connectivity index (χ0n) is 10.3. The van der Waals surface area contributed by atoms with Gasteiger partial charge in [-0.05, 0) is 25.8 Å². The van der Waals surface area contributed by atoms with Gasteiger partial charge in [-0.3, -0.25) is 4.79 Å². The Balaban J connectivity index is 3.65. The van der Waals surface area contributed by atoms with Crippen molar-refractivity contribution in [2.45, 2.75) is 32.7 Å². The van der Waals surface area contributed by atoms with Gasteiger partial charge in [-0.2, -0.15) is 0 Å². The van der Waals surface area contributed by atoms with Gasteiger partial charge in [0.2, 0.25) is 5.91 Å². The molecule has 0 saturated carbocycles. The number of carbonyl (C=O) groups is 1. The summed E-state index contributed by atoms with van der Waals surface area (Å²) in [6.07, 6.45) is 1.33. The molecule has 0 rings (SSSR count). The minimum absolute atomic E-state index is 0.143. The second-order valence-electron chi connectivity index (χ2n) is 4.42. The maximum Gasteiger partial charge on any atom is 0.223 e. The molecule has 0 aromatic rings. The number of amides is 1. The van der Waals surface area contributed by atoms with Crippen molar-refractivity contribution in [1.29, 1.82) is 0 Å². The summed E-state index contributed by atoms with van der Waals surface area (Å²) in [6, 6.07) is 0.195. The molecule has 0 radical (unpaired) electrons. The fraction of sp³-hybridized carbons (Fsp3) is 0.909. The van der Waals surface area contributed by atoms with Crippen molar-refractivity contribution in [3.63, 3.8) is 0 Å². The Morgan fingerprint density at radius 1 is 1.40 bits per heavy atom. The number of hydrogen-bond acceptors (Lipinski definition) is 3. The summed E-state index contributed by atoms with van der Waals surface area (Å²) < 4.78 is 0. The van der Waals surface area contributed by atoms with Gasteiger partial charge in [-0.25, -0.2) is 0 Å². The third-order valence-corrected chi connectivity index (χ3v) is 2.42. The molecule has 90 valence electrons. The molecule has 0 bridgehead atoms. The van der Waals surface area contributed by atoms with Gasteiger partial charge in [0.25, 0.3) is 0 Å². The molecule has 2 N–H and O–H groups in total. The minimum atomic E-state index is 0.143. The lowest BCUT2D eigenvalue weighted by molar-refractivity contribution is -0.129. The van der Waals surface area contributed by atoms with Gasteiger partial charge in [0, 0.05) is 33.2 Å². The number of hydrogen-bond donors (Lipinski definition) is 2. The predicted molar refractivity (Wildman–Crippen MR) is 61.6 cm³/mol. The average molecular weight is 216 g/mol. The van der Waals surface area contributed by atoms with E-state index in [1.165, 1.54) is 0 Å². The van der Waals surface area contributed by atoms with Crippen LogP contribution < -0.4 is 5.32 Å². The molecule has 0 saturated heterocycles. The molecule has 2 atom stereocenters. The van der Waals surface area contributed by atoms with Crippen LogP contribution in [0.15, 0.2) is 0 Å². The number of rotatable bonds is 7. The molecule has 0 aliphatic heterocycles. The van der Waals surface area contributed by atoms with Gasteiger partial charge in [0.05, 0.1) is 0 Å². The van der Waals surface area contributed by atoms with Crippen LogP contribution in [0.5, 0.6) is 0 Å². The first kappa shape index (κ1) is 14.4. The summed E-state index contributed by atoms with van der Waals surface area (Å²) >= 11 is 0. The van der Waals surface area contributed by atoms with Gasteiger partial charge in [-0.15, -0.1) is 0 Å². The van der Waals surface area contributed by atoms with Crippen molar-refractivity contribution in [2.24, 2.45) is 5.92 Å². The molecule has 0 heterocycles. The molecule has 4 nitrogen and oxygen atoms in total. The molecule has 2 unspecified atom stereocenters. The number of aliphatic hydroxyl groups is 1. The normalized spacial score (nSPS) is 14.7. The first-order chi connectivity index (χ1) is 6.97. The summed E-state index contributed by atoms with van der Waals surface area (Å²) in [5.74, 6) is 0.594. The molecule has 0 spiro atoms. The first-order valence-electron chi connectivity index (χ1n) is 5.51. The largest absolute Gasteiger partial charge is 0.396 e. The van der Waals surface area contributed by atoms with Crippen molar-refractivity contribution >= 4 is 5.91 Å². The van der Waals surface area contributed by atoms with Crippen LogP contribution in [0.4, 0.5) is 0 Å². The van der Waals surface area contributed by atoms with E-state index in [1.807, 2.05) is 6.92 Å². The number of carbonyl (C=O) groups excluding carboxylic acids is 1. The standard InChI is InChI=1S/C11H24N2O2/c1-9(5-6-14)8-12-10(2)7-11(15)13(3)4/h9-10,12,14H,5-8H2,1-4H3. The lowest BCUT2D eigenvalue weighted by Gasteiger charge is -2.18. The summed E-state index contributed by atoms with van der Waals surface area (Å²) in [4.78, 5) is 13.0. The summed E-state index contributed by atoms with van der Waals surface area (Å²) in [5, 5.41) is 12.0. The number of aliphatic hydroxyl groups excluding tert-OH is 1. The molecular weight excluding hydrogens is 192 g/mol. The van der Waals surface area contributed by atoms with E-state index < -0.39 is 0 Å². The average Bonchev–Trinajstić information content (AvgIpc) is 2.15. The fourth-order valence-corrected chi connectivity index (χ4v) is 1.24. The highest BCUT2D eigenvalue weighted by atomic mass is 16.3. The van der Waals surface area contributed by atoms with Crippen LogP contribution in [0, 0.1) is 5.92 Å². The molecule has 0 fully saturated rings. The first-order valence-corrected chi connectivity index (χ1v) is 5.51. The van der Waals surface area contributed by atoms with Crippen LogP contribution in [0.1, 0.15) is 26.7 Å². The highest BCUT2D eigenvalue weighted by Gasteiger charge is 2.11. The Bertz CT molecular complexity index is 183. The van der Waals surface area contributed by atoms with Crippen LogP contribution in [-0.2, 0) is 4.79 Å². The van der Waals surface area contributed by atoms with Crippen LogP contribution in [-0.4, -0.2) is 49.2 Å². The van der Waals surface area contributed by atoms with E-state index in [0.717, 1.165) is 13.0 Å². The molecule has 0 aliphatic carbocycles. The van der Waals surface area contributed by atoms with E-state index in [2.05, 4.69) is 12.2 Å². The molecule has 4 heteroatoms. The lowest BCUT2D eigenvalue weighted by Crippen LogP contribution is -2.35. The van der Waals surface area contributed by atoms with Crippen LogP contribution >= 0.6 is 0 Å². The van der Waals surface area contributed by atoms with Gasteiger partial charge >= 0.3 is 0 Å². The summed E-state index contributed by atoms with van der Waals surface area (Å²) in [7, 11) is 3.53. The Kier molecular flexibility index (Phi) is 7.34. The third-order valence-electron chi connectivity index (χ3n) is 2.42. The van der Waals surface area contributed by atoms with Gasteiger partial charge in [-0.1, -0.05) is 6.92 Å². The Morgan fingerprint density at radius 2 is 2.00 bits per heavy atom. The van der Waals surface area contributed by atoms with E-state index in [-0.39, 0.29) is 18.6 Å². The van der Waals surface area contributed by atoms with Gasteiger partial charge in [0.15, 0.2) is 0 Å². The zero-order chi connectivity index (χ0) is 11.8. The van der Waals surface area contributed by atoms with Gasteiger partial charge < -0.3 is 15.3 Å². The van der Waals surface area contributed by atoms with Crippen molar-refractivity contribution in [1.82, 2.24) is 10.2 Å². The van der Waals surface area contributed by atoms with E-state index >= 15 is 0 Å². The highest BCUT2D eigenvalue weighted by Crippen LogP contribution is 2.01. The highest BCUT2D eigenvalue weighted by molar-refractivity contribution is 5.76. The molecule has 0 aliphatic rings. The quantitative estimate of drug-likeness (QED) is 0.650.